The summed E-state index contributed by atoms with van der Waals surface area (Å²) in [7, 11) is 0. The molecule has 0 spiro atoms. The van der Waals surface area contributed by atoms with Crippen LogP contribution in [0.15, 0.2) is 0 Å². The molecule has 0 rings (SSSR count). The number of hydrogen-bond donors (Lipinski definition) is 8. The van der Waals surface area contributed by atoms with E-state index < -0.39 is 49.2 Å². The highest BCUT2D eigenvalue weighted by Gasteiger charge is 2.40. The molecule has 8 N–H and O–H groups in total. The topological polar surface area (TPSA) is 188 Å². The van der Waals surface area contributed by atoms with Gasteiger partial charge in [-0.2, -0.15) is 0 Å². The number of aliphatic hydroxyl groups excluding tert-OH is 6. The first-order valence-electron chi connectivity index (χ1n) is 4.82. The van der Waals surface area contributed by atoms with E-state index in [1.807, 2.05) is 0 Å². The van der Waals surface area contributed by atoms with E-state index in [-0.39, 0.29) is 0 Å². The predicted octanol–water partition coefficient (Wildman–Crippen LogP) is -4.27. The molecule has 18 heavy (non-hydrogen) atoms. The van der Waals surface area contributed by atoms with Crippen molar-refractivity contribution in [2.24, 2.45) is 0 Å². The fraction of sp³-hybridized carbons (Fsp3) is 0.875. The molecule has 0 saturated heterocycles. The van der Waals surface area contributed by atoms with E-state index in [2.05, 4.69) is 4.89 Å². The van der Waals surface area contributed by atoms with Crippen LogP contribution < -0.4 is 0 Å². The molecule has 0 aliphatic carbocycles. The number of aliphatic hydroxyl groups is 6. The number of aliphatic carboxylic acids is 1. The fourth-order valence-corrected chi connectivity index (χ4v) is 1.17. The van der Waals surface area contributed by atoms with Gasteiger partial charge in [0, 0.05) is 0 Å². The van der Waals surface area contributed by atoms with E-state index in [9.17, 15) is 25.2 Å². The van der Waals surface area contributed by atoms with Crippen molar-refractivity contribution < 1.29 is 50.7 Å². The first kappa shape index (κ1) is 17.2. The normalized spacial score (nSPS) is 21.7. The average Bonchev–Trinajstić information content (AvgIpc) is 2.35. The molecule has 108 valence electrons. The van der Waals surface area contributed by atoms with Crippen LogP contribution in [0.1, 0.15) is 0 Å². The van der Waals surface area contributed by atoms with Gasteiger partial charge in [0.15, 0.2) is 0 Å². The lowest BCUT2D eigenvalue weighted by Crippen LogP contribution is -2.54. The number of carbonyl (C=O) groups is 1. The van der Waals surface area contributed by atoms with Gasteiger partial charge in [-0.3, -0.25) is 5.26 Å². The molecule has 0 aromatic carbocycles. The van der Waals surface area contributed by atoms with Crippen LogP contribution in [-0.4, -0.2) is 90.2 Å². The molecule has 6 atom stereocenters. The Bertz CT molecular complexity index is 258. The average molecular weight is 272 g/mol. The minimum atomic E-state index is -2.27. The molecule has 0 amide bonds. The summed E-state index contributed by atoms with van der Waals surface area (Å²) in [6.45, 7) is -0.931. The highest BCUT2D eigenvalue weighted by molar-refractivity contribution is 5.73. The molecule has 0 bridgehead atoms. The first-order chi connectivity index (χ1) is 8.27. The smallest absolute Gasteiger partial charge is 0.339 e. The van der Waals surface area contributed by atoms with Crippen molar-refractivity contribution in [1.29, 1.82) is 0 Å². The Labute approximate surface area is 101 Å². The molecule has 0 radical (unpaired) electrons. The van der Waals surface area contributed by atoms with Crippen LogP contribution in [0.4, 0.5) is 0 Å². The largest absolute Gasteiger partial charge is 0.479 e. The van der Waals surface area contributed by atoms with Gasteiger partial charge in [0.05, 0.1) is 6.61 Å². The summed E-state index contributed by atoms with van der Waals surface area (Å²) in [6, 6.07) is 0. The predicted molar refractivity (Wildman–Crippen MR) is 52.3 cm³/mol. The van der Waals surface area contributed by atoms with E-state index in [0.29, 0.717) is 0 Å². The summed E-state index contributed by atoms with van der Waals surface area (Å²) in [5.41, 5.74) is 0. The van der Waals surface area contributed by atoms with E-state index in [4.69, 9.17) is 20.6 Å². The summed E-state index contributed by atoms with van der Waals surface area (Å²) in [4.78, 5) is 13.9. The standard InChI is InChI=1S/C8H16O10/c9-1-2(10)3(11)4(12)5(13)6(14)7(18-17)8(15)16/h2-7,9-14,17H,1H2,(H,15,16). The van der Waals surface area contributed by atoms with Crippen molar-refractivity contribution in [3.8, 4) is 0 Å². The second-order valence-electron chi connectivity index (χ2n) is 3.58. The number of carboxylic acid groups (broad SMARTS) is 1. The monoisotopic (exact) mass is 272 g/mol. The van der Waals surface area contributed by atoms with E-state index >= 15 is 0 Å². The van der Waals surface area contributed by atoms with Gasteiger partial charge < -0.3 is 35.7 Å². The van der Waals surface area contributed by atoms with Crippen molar-refractivity contribution in [1.82, 2.24) is 0 Å². The van der Waals surface area contributed by atoms with Gasteiger partial charge in [0.25, 0.3) is 0 Å². The van der Waals surface area contributed by atoms with Crippen molar-refractivity contribution in [2.45, 2.75) is 36.6 Å². The maximum Gasteiger partial charge on any atom is 0.339 e. The highest BCUT2D eigenvalue weighted by atomic mass is 17.1. The third-order valence-electron chi connectivity index (χ3n) is 2.30. The maximum atomic E-state index is 10.5. The van der Waals surface area contributed by atoms with Gasteiger partial charge in [-0.25, -0.2) is 9.68 Å². The molecule has 10 nitrogen and oxygen atoms in total. The van der Waals surface area contributed by atoms with Gasteiger partial charge >= 0.3 is 5.97 Å². The number of rotatable bonds is 8. The third-order valence-corrected chi connectivity index (χ3v) is 2.30. The molecule has 0 saturated carbocycles. The Balaban J connectivity index is 4.71. The number of carboxylic acids is 1. The van der Waals surface area contributed by atoms with Crippen LogP contribution in [0.5, 0.6) is 0 Å². The summed E-state index contributed by atoms with van der Waals surface area (Å²) in [6.07, 6.45) is -12.8. The minimum absolute atomic E-state index is 0.931. The quantitative estimate of drug-likeness (QED) is 0.158. The van der Waals surface area contributed by atoms with Crippen molar-refractivity contribution >= 4 is 5.97 Å². The molecule has 0 aromatic heterocycles. The molecule has 0 fully saturated rings. The third kappa shape index (κ3) is 4.12. The van der Waals surface area contributed by atoms with Gasteiger partial charge in [0.1, 0.15) is 30.5 Å². The van der Waals surface area contributed by atoms with E-state index in [0.717, 1.165) is 0 Å². The van der Waals surface area contributed by atoms with Gasteiger partial charge in [-0.05, 0) is 0 Å². The maximum absolute atomic E-state index is 10.5. The summed E-state index contributed by atoms with van der Waals surface area (Å²) < 4.78 is 0. The first-order valence-corrected chi connectivity index (χ1v) is 4.82. The second-order valence-corrected chi connectivity index (χ2v) is 3.58. The molecule has 0 aromatic rings. The lowest BCUT2D eigenvalue weighted by atomic mass is 9.96. The second kappa shape index (κ2) is 7.56. The van der Waals surface area contributed by atoms with Crippen LogP contribution in [0.25, 0.3) is 0 Å². The van der Waals surface area contributed by atoms with Gasteiger partial charge in [-0.15, -0.1) is 0 Å². The van der Waals surface area contributed by atoms with Crippen LogP contribution in [-0.2, 0) is 9.68 Å². The Morgan fingerprint density at radius 3 is 1.72 bits per heavy atom. The summed E-state index contributed by atoms with van der Waals surface area (Å²) in [5.74, 6) is -1.83. The zero-order chi connectivity index (χ0) is 14.5. The molecule has 0 aliphatic heterocycles. The zero-order valence-corrected chi connectivity index (χ0v) is 9.07. The zero-order valence-electron chi connectivity index (χ0n) is 9.07. The Hall–Kier alpha value is -0.850. The highest BCUT2D eigenvalue weighted by Crippen LogP contribution is 2.12. The van der Waals surface area contributed by atoms with E-state index in [1.54, 1.807) is 0 Å². The fourth-order valence-electron chi connectivity index (χ4n) is 1.17. The van der Waals surface area contributed by atoms with Crippen molar-refractivity contribution in [2.75, 3.05) is 6.61 Å². The summed E-state index contributed by atoms with van der Waals surface area (Å²) in [5, 5.41) is 71.3. The van der Waals surface area contributed by atoms with Crippen molar-refractivity contribution in [3.05, 3.63) is 0 Å². The molecule has 0 aliphatic rings. The van der Waals surface area contributed by atoms with E-state index in [1.165, 1.54) is 0 Å². The Morgan fingerprint density at radius 2 is 1.39 bits per heavy atom. The SMILES string of the molecule is O=C(O)C(OO)C(O)C(O)C(O)C(O)C(O)CO. The van der Waals surface area contributed by atoms with Crippen LogP contribution in [0.3, 0.4) is 0 Å². The molecular formula is C8H16O10. The summed E-state index contributed by atoms with van der Waals surface area (Å²) >= 11 is 0. The number of hydrogen-bond acceptors (Lipinski definition) is 9. The lowest BCUT2D eigenvalue weighted by molar-refractivity contribution is -0.303. The lowest BCUT2D eigenvalue weighted by Gasteiger charge is -2.29. The molecular weight excluding hydrogens is 256 g/mol. The van der Waals surface area contributed by atoms with Crippen LogP contribution >= 0.6 is 0 Å². The van der Waals surface area contributed by atoms with Crippen LogP contribution in [0, 0.1) is 0 Å². The molecule has 0 heterocycles. The Kier molecular flexibility index (Phi) is 7.20. The van der Waals surface area contributed by atoms with Crippen LogP contribution in [0.2, 0.25) is 0 Å². The molecule has 6 unspecified atom stereocenters. The van der Waals surface area contributed by atoms with Gasteiger partial charge in [0.2, 0.25) is 6.10 Å². The molecule has 10 heteroatoms. The van der Waals surface area contributed by atoms with Gasteiger partial charge in [-0.1, -0.05) is 0 Å². The minimum Gasteiger partial charge on any atom is -0.479 e. The van der Waals surface area contributed by atoms with Crippen molar-refractivity contribution in [3.63, 3.8) is 0 Å². The Morgan fingerprint density at radius 1 is 0.944 bits per heavy atom.